The van der Waals surface area contributed by atoms with E-state index < -0.39 is 29.7 Å². The topological polar surface area (TPSA) is 57.5 Å². The average Bonchev–Trinajstić information content (AvgIpc) is 2.32. The molecule has 0 fully saturated rings. The van der Waals surface area contributed by atoms with Crippen LogP contribution in [0, 0.1) is 0 Å². The minimum absolute atomic E-state index is 0.293. The highest BCUT2D eigenvalue weighted by Gasteiger charge is 2.53. The molecule has 1 aromatic rings. The molecule has 2 N–H and O–H groups in total. The Morgan fingerprint density at radius 1 is 1.08 bits per heavy atom. The zero-order valence-corrected chi connectivity index (χ0v) is 17.8. The van der Waals surface area contributed by atoms with Gasteiger partial charge < -0.3 is 9.79 Å². The Balaban J connectivity index is 4.06. The number of rotatable bonds is 3. The van der Waals surface area contributed by atoms with Crippen molar-refractivity contribution in [3.8, 4) is 0 Å². The fraction of sp³-hybridized carbons (Fsp3) is 0.625. The van der Waals surface area contributed by atoms with Crippen molar-refractivity contribution in [2.24, 2.45) is 0 Å². The number of hydrogen-bond donors (Lipinski definition) is 2. The Morgan fingerprint density at radius 2 is 1.54 bits per heavy atom. The highest BCUT2D eigenvalue weighted by Crippen LogP contribution is 2.61. The molecule has 0 unspecified atom stereocenters. The molecule has 0 aliphatic heterocycles. The van der Waals surface area contributed by atoms with Crippen molar-refractivity contribution in [1.29, 1.82) is 0 Å². The van der Waals surface area contributed by atoms with Crippen molar-refractivity contribution < 1.29 is 23.1 Å². The van der Waals surface area contributed by atoms with Crippen molar-refractivity contribution in [1.82, 2.24) is 0 Å². The summed E-state index contributed by atoms with van der Waals surface area (Å²) < 4.78 is 40.2. The molecule has 0 aromatic heterocycles. The van der Waals surface area contributed by atoms with E-state index in [1.807, 2.05) is 41.5 Å². The molecule has 24 heavy (non-hydrogen) atoms. The molecule has 1 rings (SSSR count). The van der Waals surface area contributed by atoms with E-state index in [0.717, 1.165) is 11.6 Å². The zero-order chi connectivity index (χ0) is 19.3. The predicted molar refractivity (Wildman–Crippen MR) is 97.4 cm³/mol. The first-order valence-corrected chi connectivity index (χ1v) is 10.4. The molecule has 0 amide bonds. The Bertz CT molecular complexity index is 688. The maximum Gasteiger partial charge on any atom is 0.399 e. The van der Waals surface area contributed by atoms with Crippen LogP contribution in [0.3, 0.4) is 0 Å². The van der Waals surface area contributed by atoms with Crippen LogP contribution in [0.1, 0.15) is 63.8 Å². The molecule has 138 valence electrons. The SMILES string of the molecule is CC(C)(C)c1cc(C(F)(F)P(=O)(O)O)c(Cl)c(C(C)(C)C)c1CBr. The van der Waals surface area contributed by atoms with Crippen LogP contribution < -0.4 is 0 Å². The van der Waals surface area contributed by atoms with Gasteiger partial charge >= 0.3 is 13.3 Å². The van der Waals surface area contributed by atoms with Crippen LogP contribution in [0.2, 0.25) is 5.02 Å². The van der Waals surface area contributed by atoms with E-state index >= 15 is 0 Å². The van der Waals surface area contributed by atoms with Crippen molar-refractivity contribution in [3.05, 3.63) is 33.3 Å². The standard InChI is InChI=1S/C16H23BrClF2O3P/c1-14(2,3)10-7-11(16(19,20)24(21,22)23)13(18)12(9(10)8-17)15(4,5)6/h7H,8H2,1-6H3,(H2,21,22,23). The van der Waals surface area contributed by atoms with Gasteiger partial charge in [0, 0.05) is 5.33 Å². The van der Waals surface area contributed by atoms with Gasteiger partial charge in [0.2, 0.25) is 0 Å². The fourth-order valence-corrected chi connectivity index (χ4v) is 4.37. The first kappa shape index (κ1) is 22.0. The van der Waals surface area contributed by atoms with E-state index in [2.05, 4.69) is 15.9 Å². The number of hydrogen-bond acceptors (Lipinski definition) is 1. The minimum atomic E-state index is -5.71. The lowest BCUT2D eigenvalue weighted by Crippen LogP contribution is -2.25. The zero-order valence-electron chi connectivity index (χ0n) is 14.5. The van der Waals surface area contributed by atoms with E-state index in [-0.39, 0.29) is 5.02 Å². The fourth-order valence-electron chi connectivity index (χ4n) is 2.66. The summed E-state index contributed by atoms with van der Waals surface area (Å²) in [5, 5.41) is 0.103. The van der Waals surface area contributed by atoms with Gasteiger partial charge in [-0.05, 0) is 33.6 Å². The lowest BCUT2D eigenvalue weighted by molar-refractivity contribution is 0.0562. The molecular formula is C16H23BrClF2O3P. The van der Waals surface area contributed by atoms with Crippen LogP contribution >= 0.6 is 35.1 Å². The average molecular weight is 448 g/mol. The second-order valence-electron chi connectivity index (χ2n) is 7.86. The lowest BCUT2D eigenvalue weighted by atomic mass is 9.75. The predicted octanol–water partition coefficient (Wildman–Crippen LogP) is 6.06. The van der Waals surface area contributed by atoms with Gasteiger partial charge in [-0.15, -0.1) is 0 Å². The number of halogens is 4. The van der Waals surface area contributed by atoms with Crippen molar-refractivity contribution >= 4 is 35.1 Å². The summed E-state index contributed by atoms with van der Waals surface area (Å²) in [6, 6.07) is 1.13. The summed E-state index contributed by atoms with van der Waals surface area (Å²) in [6.07, 6.45) is 0. The molecule has 0 aliphatic rings. The first-order chi connectivity index (χ1) is 10.5. The highest BCUT2D eigenvalue weighted by molar-refractivity contribution is 9.08. The largest absolute Gasteiger partial charge is 0.399 e. The van der Waals surface area contributed by atoms with Crippen LogP contribution in [0.5, 0.6) is 0 Å². The second kappa shape index (κ2) is 6.62. The molecule has 3 nitrogen and oxygen atoms in total. The van der Waals surface area contributed by atoms with Gasteiger partial charge in [-0.3, -0.25) is 4.57 Å². The Labute approximate surface area is 155 Å². The Morgan fingerprint density at radius 3 is 1.83 bits per heavy atom. The quantitative estimate of drug-likeness (QED) is 0.437. The molecule has 0 spiro atoms. The highest BCUT2D eigenvalue weighted by atomic mass is 79.9. The molecular weight excluding hydrogens is 425 g/mol. The summed E-state index contributed by atoms with van der Waals surface area (Å²) in [6.45, 7) is 11.0. The van der Waals surface area contributed by atoms with Gasteiger partial charge in [0.25, 0.3) is 0 Å². The van der Waals surface area contributed by atoms with Crippen molar-refractivity contribution in [3.63, 3.8) is 0 Å². The second-order valence-corrected chi connectivity index (χ2v) is 10.4. The normalized spacial score (nSPS) is 14.2. The Kier molecular flexibility index (Phi) is 6.08. The lowest BCUT2D eigenvalue weighted by Gasteiger charge is -2.33. The minimum Gasteiger partial charge on any atom is -0.320 e. The van der Waals surface area contributed by atoms with Crippen LogP contribution in [0.15, 0.2) is 6.07 Å². The van der Waals surface area contributed by atoms with Crippen LogP contribution in [0.25, 0.3) is 0 Å². The number of benzene rings is 1. The molecule has 1 aromatic carbocycles. The summed E-state index contributed by atoms with van der Waals surface area (Å²) in [5.74, 6) is 0. The molecule has 0 saturated carbocycles. The third kappa shape index (κ3) is 4.04. The Hall–Kier alpha value is -0.0000000000000000555. The van der Waals surface area contributed by atoms with Gasteiger partial charge in [-0.25, -0.2) is 0 Å². The van der Waals surface area contributed by atoms with Gasteiger partial charge in [0.05, 0.1) is 10.6 Å². The maximum absolute atomic E-state index is 14.4. The molecule has 0 atom stereocenters. The first-order valence-electron chi connectivity index (χ1n) is 7.32. The van der Waals surface area contributed by atoms with Gasteiger partial charge in [0.1, 0.15) is 0 Å². The maximum atomic E-state index is 14.4. The summed E-state index contributed by atoms with van der Waals surface area (Å²) in [5.41, 5.74) is -4.44. The van der Waals surface area contributed by atoms with E-state index in [1.54, 1.807) is 0 Å². The van der Waals surface area contributed by atoms with Crippen LogP contribution in [-0.2, 0) is 26.4 Å². The van der Waals surface area contributed by atoms with E-state index in [1.165, 1.54) is 0 Å². The molecule has 0 saturated heterocycles. The molecule has 0 heterocycles. The third-order valence-electron chi connectivity index (χ3n) is 3.75. The van der Waals surface area contributed by atoms with E-state index in [9.17, 15) is 13.3 Å². The van der Waals surface area contributed by atoms with Crippen molar-refractivity contribution in [2.75, 3.05) is 0 Å². The smallest absolute Gasteiger partial charge is 0.320 e. The van der Waals surface area contributed by atoms with Gasteiger partial charge in [0.15, 0.2) is 0 Å². The monoisotopic (exact) mass is 446 g/mol. The third-order valence-corrected chi connectivity index (χ3v) is 5.68. The summed E-state index contributed by atoms with van der Waals surface area (Å²) in [7, 11) is -5.71. The molecule has 0 aliphatic carbocycles. The van der Waals surface area contributed by atoms with Gasteiger partial charge in [-0.1, -0.05) is 69.1 Å². The molecule has 8 heteroatoms. The number of alkyl halides is 3. The molecule has 0 bridgehead atoms. The van der Waals surface area contributed by atoms with E-state index in [4.69, 9.17) is 21.4 Å². The van der Waals surface area contributed by atoms with Crippen LogP contribution in [-0.4, -0.2) is 9.79 Å². The summed E-state index contributed by atoms with van der Waals surface area (Å²) in [4.78, 5) is 18.3. The van der Waals surface area contributed by atoms with Crippen molar-refractivity contribution in [2.45, 2.75) is 63.4 Å². The van der Waals surface area contributed by atoms with Gasteiger partial charge in [-0.2, -0.15) is 8.78 Å². The molecule has 0 radical (unpaired) electrons. The van der Waals surface area contributed by atoms with E-state index in [0.29, 0.717) is 16.5 Å². The summed E-state index contributed by atoms with van der Waals surface area (Å²) >= 11 is 9.64. The van der Waals surface area contributed by atoms with Crippen LogP contribution in [0.4, 0.5) is 8.78 Å².